The minimum atomic E-state index is 0.424. The molecule has 1 heterocycles. The van der Waals surface area contributed by atoms with E-state index in [0.717, 1.165) is 34.4 Å². The van der Waals surface area contributed by atoms with Gasteiger partial charge in [-0.2, -0.15) is 5.26 Å². The molecule has 4 heteroatoms. The molecule has 0 fully saturated rings. The molecule has 0 bridgehead atoms. The predicted octanol–water partition coefficient (Wildman–Crippen LogP) is 4.87. The van der Waals surface area contributed by atoms with Crippen LogP contribution in [0.4, 0.5) is 0 Å². The first kappa shape index (κ1) is 16.0. The normalized spacial score (nSPS) is 10.2. The van der Waals surface area contributed by atoms with Crippen LogP contribution >= 0.6 is 11.6 Å². The lowest BCUT2D eigenvalue weighted by molar-refractivity contribution is 0.416. The maximum atomic E-state index is 8.82. The molecule has 0 saturated carbocycles. The Kier molecular flexibility index (Phi) is 4.79. The third-order valence-electron chi connectivity index (χ3n) is 3.75. The first-order valence-electron chi connectivity index (χ1n) is 7.47. The summed E-state index contributed by atoms with van der Waals surface area (Å²) in [4.78, 5) is 4.12. The molecule has 0 spiro atoms. The number of nitrogens with zero attached hydrogens (tertiary/aromatic N) is 2. The lowest BCUT2D eigenvalue weighted by Gasteiger charge is -2.11. The van der Waals surface area contributed by atoms with E-state index >= 15 is 0 Å². The molecular formula is C20H15ClN2O. The van der Waals surface area contributed by atoms with Crippen molar-refractivity contribution in [3.8, 4) is 22.9 Å². The summed E-state index contributed by atoms with van der Waals surface area (Å²) in [5.74, 6) is 0.805. The van der Waals surface area contributed by atoms with E-state index in [1.807, 2.05) is 48.5 Å². The first-order valence-corrected chi connectivity index (χ1v) is 7.85. The second kappa shape index (κ2) is 7.16. The van der Waals surface area contributed by atoms with Crippen LogP contribution in [-0.2, 0) is 6.42 Å². The number of benzene rings is 2. The molecule has 24 heavy (non-hydrogen) atoms. The van der Waals surface area contributed by atoms with Gasteiger partial charge in [0.2, 0.25) is 0 Å². The van der Waals surface area contributed by atoms with Crippen molar-refractivity contribution in [3.63, 3.8) is 0 Å². The highest BCUT2D eigenvalue weighted by atomic mass is 35.5. The zero-order valence-electron chi connectivity index (χ0n) is 13.2. The van der Waals surface area contributed by atoms with Crippen LogP contribution < -0.4 is 4.74 Å². The summed E-state index contributed by atoms with van der Waals surface area (Å²) in [6.45, 7) is 0. The molecule has 0 N–H and O–H groups in total. The second-order valence-corrected chi connectivity index (χ2v) is 5.82. The molecule has 0 aliphatic rings. The van der Waals surface area contributed by atoms with Crippen LogP contribution in [0.2, 0.25) is 5.02 Å². The molecule has 118 valence electrons. The van der Waals surface area contributed by atoms with Gasteiger partial charge >= 0.3 is 0 Å². The molecule has 0 amide bonds. The Hall–Kier alpha value is -2.83. The Morgan fingerprint density at radius 1 is 1.08 bits per heavy atom. The van der Waals surface area contributed by atoms with E-state index in [2.05, 4.69) is 11.1 Å². The molecule has 0 aliphatic heterocycles. The van der Waals surface area contributed by atoms with Crippen LogP contribution in [0.5, 0.6) is 5.75 Å². The smallest absolute Gasteiger partial charge is 0.140 e. The summed E-state index contributed by atoms with van der Waals surface area (Å²) >= 11 is 6.11. The van der Waals surface area contributed by atoms with Crippen molar-refractivity contribution in [1.29, 1.82) is 5.26 Å². The fourth-order valence-electron chi connectivity index (χ4n) is 2.58. The van der Waals surface area contributed by atoms with Crippen molar-refractivity contribution in [2.24, 2.45) is 0 Å². The van der Waals surface area contributed by atoms with Gasteiger partial charge in [-0.1, -0.05) is 35.9 Å². The number of halogens is 1. The minimum absolute atomic E-state index is 0.424. The number of pyridine rings is 1. The molecule has 0 aliphatic carbocycles. The van der Waals surface area contributed by atoms with Crippen LogP contribution in [0.1, 0.15) is 16.8 Å². The highest BCUT2D eigenvalue weighted by Crippen LogP contribution is 2.32. The number of nitriles is 1. The van der Waals surface area contributed by atoms with Gasteiger partial charge in [-0.3, -0.25) is 0 Å². The highest BCUT2D eigenvalue weighted by Gasteiger charge is 2.08. The largest absolute Gasteiger partial charge is 0.496 e. The van der Waals surface area contributed by atoms with Crippen molar-refractivity contribution in [3.05, 3.63) is 82.6 Å². The van der Waals surface area contributed by atoms with Crippen LogP contribution in [0, 0.1) is 11.3 Å². The molecule has 0 radical (unpaired) electrons. The quantitative estimate of drug-likeness (QED) is 0.683. The average Bonchev–Trinajstić information content (AvgIpc) is 2.62. The monoisotopic (exact) mass is 334 g/mol. The molecular weight excluding hydrogens is 320 g/mol. The Morgan fingerprint density at radius 3 is 2.58 bits per heavy atom. The number of methoxy groups -OCH3 is 1. The first-order chi connectivity index (χ1) is 11.7. The number of ether oxygens (including phenoxy) is 1. The fourth-order valence-corrected chi connectivity index (χ4v) is 2.77. The Balaban J connectivity index is 1.95. The van der Waals surface area contributed by atoms with Gasteiger partial charge in [0.25, 0.3) is 0 Å². The maximum absolute atomic E-state index is 8.82. The molecule has 3 nitrogen and oxygen atoms in total. The van der Waals surface area contributed by atoms with Crippen molar-refractivity contribution in [2.75, 3.05) is 7.11 Å². The summed E-state index contributed by atoms with van der Waals surface area (Å²) < 4.78 is 5.48. The van der Waals surface area contributed by atoms with Crippen LogP contribution in [0.15, 0.2) is 60.8 Å². The Bertz CT molecular complexity index is 898. The van der Waals surface area contributed by atoms with E-state index in [0.29, 0.717) is 10.7 Å². The summed E-state index contributed by atoms with van der Waals surface area (Å²) in [6.07, 6.45) is 2.47. The van der Waals surface area contributed by atoms with Crippen LogP contribution in [0.25, 0.3) is 11.1 Å². The van der Waals surface area contributed by atoms with Gasteiger partial charge in [0, 0.05) is 16.8 Å². The topological polar surface area (TPSA) is 45.9 Å². The number of hydrogen-bond acceptors (Lipinski definition) is 3. The standard InChI is InChI=1S/C20H15ClN2O/c1-24-20-8-6-14(9-15-5-7-18(12-22)23-13-15)10-19(20)16-3-2-4-17(21)11-16/h2-8,10-11,13H,9H2,1H3. The zero-order valence-corrected chi connectivity index (χ0v) is 13.9. The summed E-state index contributed by atoms with van der Waals surface area (Å²) in [6, 6.07) is 19.5. The molecule has 2 aromatic carbocycles. The lowest BCUT2D eigenvalue weighted by Crippen LogP contribution is -1.94. The predicted molar refractivity (Wildman–Crippen MR) is 95.2 cm³/mol. The van der Waals surface area contributed by atoms with Gasteiger partial charge in [-0.15, -0.1) is 0 Å². The average molecular weight is 335 g/mol. The second-order valence-electron chi connectivity index (χ2n) is 5.39. The van der Waals surface area contributed by atoms with E-state index in [4.69, 9.17) is 21.6 Å². The van der Waals surface area contributed by atoms with Crippen molar-refractivity contribution >= 4 is 11.6 Å². The highest BCUT2D eigenvalue weighted by molar-refractivity contribution is 6.30. The molecule has 3 rings (SSSR count). The third kappa shape index (κ3) is 3.56. The third-order valence-corrected chi connectivity index (χ3v) is 3.98. The number of hydrogen-bond donors (Lipinski definition) is 0. The number of aromatic nitrogens is 1. The summed E-state index contributed by atoms with van der Waals surface area (Å²) in [5, 5.41) is 9.51. The molecule has 0 unspecified atom stereocenters. The van der Waals surface area contributed by atoms with Gasteiger partial charge in [-0.25, -0.2) is 4.98 Å². The lowest BCUT2D eigenvalue weighted by atomic mass is 9.98. The van der Waals surface area contributed by atoms with E-state index < -0.39 is 0 Å². The van der Waals surface area contributed by atoms with Gasteiger partial charge in [0.1, 0.15) is 17.5 Å². The minimum Gasteiger partial charge on any atom is -0.496 e. The molecule has 0 saturated heterocycles. The number of rotatable bonds is 4. The van der Waals surface area contributed by atoms with E-state index in [9.17, 15) is 0 Å². The molecule has 3 aromatic rings. The molecule has 0 atom stereocenters. The van der Waals surface area contributed by atoms with Crippen molar-refractivity contribution in [1.82, 2.24) is 4.98 Å². The zero-order chi connectivity index (χ0) is 16.9. The maximum Gasteiger partial charge on any atom is 0.140 e. The summed E-state index contributed by atoms with van der Waals surface area (Å²) in [5.41, 5.74) is 4.62. The van der Waals surface area contributed by atoms with E-state index in [-0.39, 0.29) is 0 Å². The Morgan fingerprint density at radius 2 is 1.92 bits per heavy atom. The van der Waals surface area contributed by atoms with E-state index in [1.54, 1.807) is 19.4 Å². The summed E-state index contributed by atoms with van der Waals surface area (Å²) in [7, 11) is 1.66. The Labute approximate surface area is 146 Å². The van der Waals surface area contributed by atoms with Gasteiger partial charge in [0.15, 0.2) is 0 Å². The fraction of sp³-hybridized carbons (Fsp3) is 0.100. The van der Waals surface area contributed by atoms with E-state index in [1.165, 1.54) is 0 Å². The van der Waals surface area contributed by atoms with Gasteiger partial charge in [0.05, 0.1) is 7.11 Å². The molecule has 1 aromatic heterocycles. The SMILES string of the molecule is COc1ccc(Cc2ccc(C#N)nc2)cc1-c1cccc(Cl)c1. The van der Waals surface area contributed by atoms with Crippen molar-refractivity contribution in [2.45, 2.75) is 6.42 Å². The van der Waals surface area contributed by atoms with Gasteiger partial charge in [-0.05, 0) is 53.4 Å². The van der Waals surface area contributed by atoms with Gasteiger partial charge < -0.3 is 4.74 Å². The van der Waals surface area contributed by atoms with Crippen LogP contribution in [0.3, 0.4) is 0 Å². The van der Waals surface area contributed by atoms with Crippen LogP contribution in [-0.4, -0.2) is 12.1 Å². The van der Waals surface area contributed by atoms with Crippen molar-refractivity contribution < 1.29 is 4.74 Å².